The van der Waals surface area contributed by atoms with E-state index in [0.29, 0.717) is 11.1 Å². The average molecular weight is 603 g/mol. The summed E-state index contributed by atoms with van der Waals surface area (Å²) in [5.74, 6) is -0.556. The minimum Gasteiger partial charge on any atom is -0.354 e. The van der Waals surface area contributed by atoms with E-state index < -0.39 is 21.7 Å². The number of hydrogen-bond donors (Lipinski definition) is 3. The minimum atomic E-state index is -3.32. The Bertz CT molecular complexity index is 1850. The maximum Gasteiger partial charge on any atom is 0.321 e. The Balaban J connectivity index is 1.18. The number of para-hydroxylation sites is 1. The molecule has 1 aliphatic carbocycles. The molecule has 0 unspecified atom stereocenters. The number of nitrogens with zero attached hydrogens (tertiary/aromatic N) is 2. The van der Waals surface area contributed by atoms with E-state index in [2.05, 4.69) is 21.2 Å². The van der Waals surface area contributed by atoms with E-state index in [4.69, 9.17) is 4.52 Å². The molecule has 0 fully saturated rings. The van der Waals surface area contributed by atoms with Crippen molar-refractivity contribution in [2.45, 2.75) is 18.2 Å². The van der Waals surface area contributed by atoms with Crippen LogP contribution in [0, 0.1) is 5.82 Å². The standard InChI is InChI=1S/C31H28FN5O5S/c1-20-26(16-21-8-11-24(12-9-21)43(2,40)41)25-13-10-22(32)17-28(25)27(20)18-29(38)33-14-15-34-31(39)35-30-19-37(36-42-30)23-6-4-3-5-7-23/h3-13,16-17,19H,14-15,18H2,1-2H3,(H2-,33,34,35,36,38,39)/p+1/b26-16-. The van der Waals surface area contributed by atoms with Gasteiger partial charge in [0.05, 0.1) is 11.3 Å². The molecule has 220 valence electrons. The summed E-state index contributed by atoms with van der Waals surface area (Å²) in [5, 5.41) is 11.8. The van der Waals surface area contributed by atoms with E-state index in [1.807, 2.05) is 43.3 Å². The van der Waals surface area contributed by atoms with Crippen LogP contribution < -0.4 is 20.6 Å². The van der Waals surface area contributed by atoms with E-state index in [9.17, 15) is 22.4 Å². The second-order valence-corrected chi connectivity index (χ2v) is 12.0. The van der Waals surface area contributed by atoms with Gasteiger partial charge in [-0.15, -0.1) is 0 Å². The van der Waals surface area contributed by atoms with Crippen molar-refractivity contribution in [1.82, 2.24) is 15.9 Å². The Morgan fingerprint density at radius 2 is 1.70 bits per heavy atom. The zero-order valence-corrected chi connectivity index (χ0v) is 24.2. The fourth-order valence-electron chi connectivity index (χ4n) is 4.72. The molecule has 1 aromatic heterocycles. The van der Waals surface area contributed by atoms with Gasteiger partial charge in [0.15, 0.2) is 9.84 Å². The number of halogens is 1. The Labute approximate surface area is 247 Å². The van der Waals surface area contributed by atoms with Crippen molar-refractivity contribution >= 4 is 44.9 Å². The number of nitrogens with one attached hydrogen (secondary N) is 3. The van der Waals surface area contributed by atoms with Crippen molar-refractivity contribution in [2.75, 3.05) is 24.7 Å². The largest absolute Gasteiger partial charge is 0.354 e. The monoisotopic (exact) mass is 602 g/mol. The number of fused-ring (bicyclic) bond motifs is 1. The molecule has 5 rings (SSSR count). The molecular formula is C31H29FN5O5S+. The molecule has 0 bridgehead atoms. The van der Waals surface area contributed by atoms with Gasteiger partial charge in [-0.1, -0.05) is 36.4 Å². The highest BCUT2D eigenvalue weighted by Crippen LogP contribution is 2.43. The van der Waals surface area contributed by atoms with E-state index in [1.165, 1.54) is 35.1 Å². The van der Waals surface area contributed by atoms with E-state index in [-0.39, 0.29) is 36.2 Å². The topological polar surface area (TPSA) is 134 Å². The number of benzene rings is 3. The zero-order chi connectivity index (χ0) is 30.6. The lowest BCUT2D eigenvalue weighted by molar-refractivity contribution is -0.670. The lowest BCUT2D eigenvalue weighted by Crippen LogP contribution is -2.37. The van der Waals surface area contributed by atoms with Crippen LogP contribution >= 0.6 is 0 Å². The van der Waals surface area contributed by atoms with Crippen molar-refractivity contribution in [1.29, 1.82) is 0 Å². The van der Waals surface area contributed by atoms with Gasteiger partial charge in [-0.05, 0) is 75.4 Å². The molecule has 0 saturated heterocycles. The average Bonchev–Trinajstić information content (AvgIpc) is 3.54. The Morgan fingerprint density at radius 1 is 0.977 bits per heavy atom. The SMILES string of the molecule is CC1=C(CC(=O)NCCNC(=O)Nc2c[n+](-c3ccccc3)no2)c2cc(F)ccc2/C1=C\c1ccc(S(C)(=O)=O)cc1. The van der Waals surface area contributed by atoms with Crippen molar-refractivity contribution in [3.05, 3.63) is 107 Å². The van der Waals surface area contributed by atoms with E-state index >= 15 is 0 Å². The van der Waals surface area contributed by atoms with Gasteiger partial charge in [0, 0.05) is 31.5 Å². The summed E-state index contributed by atoms with van der Waals surface area (Å²) in [5.41, 5.74) is 5.29. The van der Waals surface area contributed by atoms with Gasteiger partial charge in [0.1, 0.15) is 5.82 Å². The highest BCUT2D eigenvalue weighted by molar-refractivity contribution is 7.90. The van der Waals surface area contributed by atoms with Crippen molar-refractivity contribution in [3.63, 3.8) is 0 Å². The number of rotatable bonds is 9. The maximum atomic E-state index is 14.2. The fourth-order valence-corrected chi connectivity index (χ4v) is 5.35. The lowest BCUT2D eigenvalue weighted by atomic mass is 10.0. The first kappa shape index (κ1) is 29.4. The predicted octanol–water partition coefficient (Wildman–Crippen LogP) is 4.15. The van der Waals surface area contributed by atoms with Crippen LogP contribution in [-0.4, -0.2) is 45.0 Å². The molecule has 3 amide bonds. The summed E-state index contributed by atoms with van der Waals surface area (Å²) >= 11 is 0. The number of carbonyl (C=O) groups is 2. The summed E-state index contributed by atoms with van der Waals surface area (Å²) in [6, 6.07) is 19.7. The Morgan fingerprint density at radius 3 is 2.42 bits per heavy atom. The lowest BCUT2D eigenvalue weighted by Gasteiger charge is -2.09. The predicted molar refractivity (Wildman–Crippen MR) is 159 cm³/mol. The van der Waals surface area contributed by atoms with Crippen LogP contribution in [0.2, 0.25) is 0 Å². The van der Waals surface area contributed by atoms with Crippen molar-refractivity contribution in [3.8, 4) is 5.69 Å². The molecule has 12 heteroatoms. The minimum absolute atomic E-state index is 0.0103. The van der Waals surface area contributed by atoms with E-state index in [1.54, 1.807) is 18.2 Å². The summed E-state index contributed by atoms with van der Waals surface area (Å²) in [7, 11) is -3.32. The first-order valence-electron chi connectivity index (χ1n) is 13.4. The number of urea groups is 1. The summed E-state index contributed by atoms with van der Waals surface area (Å²) < 4.78 is 44.4. The fraction of sp³-hybridized carbons (Fsp3) is 0.161. The highest BCUT2D eigenvalue weighted by Gasteiger charge is 2.26. The third-order valence-electron chi connectivity index (χ3n) is 6.87. The van der Waals surface area contributed by atoms with Crippen LogP contribution in [-0.2, 0) is 14.6 Å². The number of sulfone groups is 1. The molecule has 3 N–H and O–H groups in total. The molecular weight excluding hydrogens is 573 g/mol. The third-order valence-corrected chi connectivity index (χ3v) is 8.00. The first-order valence-corrected chi connectivity index (χ1v) is 15.3. The quantitative estimate of drug-likeness (QED) is 0.195. The molecule has 0 aliphatic heterocycles. The second-order valence-electron chi connectivity index (χ2n) is 9.95. The van der Waals surface area contributed by atoms with Crippen LogP contribution in [0.5, 0.6) is 0 Å². The van der Waals surface area contributed by atoms with Gasteiger partial charge in [-0.3, -0.25) is 14.6 Å². The molecule has 0 atom stereocenters. The number of anilines is 1. The van der Waals surface area contributed by atoms with Gasteiger partial charge >= 0.3 is 11.9 Å². The smallest absolute Gasteiger partial charge is 0.321 e. The van der Waals surface area contributed by atoms with Crippen molar-refractivity contribution in [2.24, 2.45) is 0 Å². The molecule has 3 aromatic carbocycles. The van der Waals surface area contributed by atoms with Gasteiger partial charge in [0.25, 0.3) is 6.20 Å². The van der Waals surface area contributed by atoms with Crippen LogP contribution in [0.15, 0.2) is 94.0 Å². The number of aromatic nitrogens is 2. The van der Waals surface area contributed by atoms with Crippen LogP contribution in [0.25, 0.3) is 22.9 Å². The second kappa shape index (κ2) is 12.4. The highest BCUT2D eigenvalue weighted by atomic mass is 32.2. The number of hydrogen-bond acceptors (Lipinski definition) is 6. The maximum absolute atomic E-state index is 14.2. The summed E-state index contributed by atoms with van der Waals surface area (Å²) in [4.78, 5) is 25.3. The molecule has 0 spiro atoms. The molecule has 4 aromatic rings. The Kier molecular flexibility index (Phi) is 8.48. The van der Waals surface area contributed by atoms with Crippen molar-refractivity contribution < 1.29 is 31.6 Å². The molecule has 0 saturated carbocycles. The van der Waals surface area contributed by atoms with Gasteiger partial charge in [0.2, 0.25) is 16.9 Å². The molecule has 10 nitrogen and oxygen atoms in total. The normalized spacial score (nSPS) is 13.6. The summed E-state index contributed by atoms with van der Waals surface area (Å²) in [6.45, 7) is 2.20. The zero-order valence-electron chi connectivity index (χ0n) is 23.4. The molecule has 43 heavy (non-hydrogen) atoms. The van der Waals surface area contributed by atoms with Crippen LogP contribution in [0.4, 0.5) is 15.1 Å². The van der Waals surface area contributed by atoms with Crippen LogP contribution in [0.3, 0.4) is 0 Å². The number of amides is 3. The third kappa shape index (κ3) is 7.04. The van der Waals surface area contributed by atoms with Gasteiger partial charge in [-0.25, -0.2) is 17.6 Å². The van der Waals surface area contributed by atoms with Crippen LogP contribution in [0.1, 0.15) is 30.0 Å². The summed E-state index contributed by atoms with van der Waals surface area (Å²) in [6.07, 6.45) is 4.58. The number of carbonyl (C=O) groups excluding carboxylic acids is 2. The van der Waals surface area contributed by atoms with Gasteiger partial charge < -0.3 is 10.6 Å². The molecule has 1 aliphatic rings. The first-order chi connectivity index (χ1) is 20.6. The number of allylic oxidation sites excluding steroid dienone is 2. The molecule has 0 radical (unpaired) electrons. The molecule has 1 heterocycles. The Hall–Kier alpha value is -5.10. The van der Waals surface area contributed by atoms with E-state index in [0.717, 1.165) is 34.2 Å². The van der Waals surface area contributed by atoms with Gasteiger partial charge in [-0.2, -0.15) is 0 Å².